The Morgan fingerprint density at radius 1 is 1.38 bits per heavy atom. The van der Waals surface area contributed by atoms with Gasteiger partial charge >= 0.3 is 0 Å². The average Bonchev–Trinajstić information content (AvgIpc) is 3.04. The summed E-state index contributed by atoms with van der Waals surface area (Å²) in [6.07, 6.45) is 0.913. The van der Waals surface area contributed by atoms with E-state index in [0.29, 0.717) is 28.9 Å². The zero-order chi connectivity index (χ0) is 18.7. The van der Waals surface area contributed by atoms with Crippen LogP contribution in [0, 0.1) is 0 Å². The molecule has 26 heavy (non-hydrogen) atoms. The molecule has 2 aromatic rings. The highest BCUT2D eigenvalue weighted by Crippen LogP contribution is 2.33. The highest BCUT2D eigenvalue weighted by Gasteiger charge is 2.34. The number of para-hydroxylation sites is 2. The summed E-state index contributed by atoms with van der Waals surface area (Å²) in [4.78, 5) is 29.3. The molecular weight excluding hydrogens is 372 g/mol. The van der Waals surface area contributed by atoms with Gasteiger partial charge in [0, 0.05) is 18.3 Å². The monoisotopic (exact) mass is 390 g/mol. The lowest BCUT2D eigenvalue weighted by Gasteiger charge is -2.35. The van der Waals surface area contributed by atoms with Crippen molar-refractivity contribution in [3.05, 3.63) is 58.3 Å². The molecule has 2 amide bonds. The molecule has 0 aliphatic carbocycles. The molecule has 0 radical (unpaired) electrons. The third-order valence-electron chi connectivity index (χ3n) is 4.07. The first-order valence-electron chi connectivity index (χ1n) is 8.17. The summed E-state index contributed by atoms with van der Waals surface area (Å²) in [5, 5.41) is 0. The van der Waals surface area contributed by atoms with Crippen molar-refractivity contribution < 1.29 is 14.3 Å². The molecular formula is C19H19ClN2O3S. The molecule has 1 aliphatic rings. The van der Waals surface area contributed by atoms with Crippen LogP contribution in [0.3, 0.4) is 0 Å². The summed E-state index contributed by atoms with van der Waals surface area (Å²) >= 11 is 7.42. The van der Waals surface area contributed by atoms with Crippen molar-refractivity contribution >= 4 is 40.4 Å². The van der Waals surface area contributed by atoms with Gasteiger partial charge in [-0.2, -0.15) is 0 Å². The standard InChI is InChI=1S/C19H19ClN2O3S/c1-3-10-21(11-14-8-9-18(20)26-14)19(24)17-12-22(13(2)23)15-6-4-5-7-16(15)25-17/h3-9,17H,1,10-12H2,2H3/t17-/m0/s1. The van der Waals surface area contributed by atoms with E-state index in [1.165, 1.54) is 18.3 Å². The number of hydrogen-bond acceptors (Lipinski definition) is 4. The van der Waals surface area contributed by atoms with Crippen LogP contribution in [0.15, 0.2) is 49.1 Å². The zero-order valence-electron chi connectivity index (χ0n) is 14.4. The predicted octanol–water partition coefficient (Wildman–Crippen LogP) is 3.73. The number of anilines is 1. The van der Waals surface area contributed by atoms with E-state index in [2.05, 4.69) is 6.58 Å². The van der Waals surface area contributed by atoms with Crippen LogP contribution in [-0.2, 0) is 16.1 Å². The van der Waals surface area contributed by atoms with Crippen LogP contribution >= 0.6 is 22.9 Å². The molecule has 0 N–H and O–H groups in total. The van der Waals surface area contributed by atoms with E-state index in [1.807, 2.05) is 30.3 Å². The van der Waals surface area contributed by atoms with Gasteiger partial charge in [-0.25, -0.2) is 0 Å². The van der Waals surface area contributed by atoms with Crippen LogP contribution in [0.4, 0.5) is 5.69 Å². The number of carbonyl (C=O) groups is 2. The Balaban J connectivity index is 1.82. The molecule has 1 aliphatic heterocycles. The van der Waals surface area contributed by atoms with Gasteiger partial charge in [0.1, 0.15) is 5.75 Å². The fraction of sp³-hybridized carbons (Fsp3) is 0.263. The van der Waals surface area contributed by atoms with E-state index in [9.17, 15) is 9.59 Å². The lowest BCUT2D eigenvalue weighted by molar-refractivity contribution is -0.138. The summed E-state index contributed by atoms with van der Waals surface area (Å²) in [5.74, 6) is 0.221. The molecule has 0 unspecified atom stereocenters. The highest BCUT2D eigenvalue weighted by atomic mass is 35.5. The van der Waals surface area contributed by atoms with Gasteiger partial charge in [-0.15, -0.1) is 17.9 Å². The van der Waals surface area contributed by atoms with Crippen molar-refractivity contribution in [3.8, 4) is 5.75 Å². The Morgan fingerprint density at radius 2 is 2.15 bits per heavy atom. The van der Waals surface area contributed by atoms with Gasteiger partial charge in [-0.1, -0.05) is 29.8 Å². The van der Waals surface area contributed by atoms with Crippen molar-refractivity contribution in [2.45, 2.75) is 19.6 Å². The molecule has 0 bridgehead atoms. The first-order chi connectivity index (χ1) is 12.5. The first kappa shape index (κ1) is 18.5. The molecule has 3 rings (SSSR count). The highest BCUT2D eigenvalue weighted by molar-refractivity contribution is 7.16. The molecule has 1 aromatic heterocycles. The van der Waals surface area contributed by atoms with Gasteiger partial charge in [-0.3, -0.25) is 9.59 Å². The maximum atomic E-state index is 13.1. The van der Waals surface area contributed by atoms with Crippen molar-refractivity contribution in [2.24, 2.45) is 0 Å². The molecule has 0 fully saturated rings. The first-order valence-corrected chi connectivity index (χ1v) is 9.36. The number of hydrogen-bond donors (Lipinski definition) is 0. The molecule has 5 nitrogen and oxygen atoms in total. The Labute approximate surface area is 161 Å². The van der Waals surface area contributed by atoms with Crippen LogP contribution in [-0.4, -0.2) is 35.9 Å². The van der Waals surface area contributed by atoms with Crippen LogP contribution < -0.4 is 9.64 Å². The predicted molar refractivity (Wildman–Crippen MR) is 104 cm³/mol. The van der Waals surface area contributed by atoms with Crippen LogP contribution in [0.5, 0.6) is 5.75 Å². The molecule has 136 valence electrons. The van der Waals surface area contributed by atoms with Gasteiger partial charge in [-0.05, 0) is 24.3 Å². The lowest BCUT2D eigenvalue weighted by Crippen LogP contribution is -2.51. The molecule has 2 heterocycles. The van der Waals surface area contributed by atoms with E-state index in [-0.39, 0.29) is 18.4 Å². The zero-order valence-corrected chi connectivity index (χ0v) is 15.9. The minimum atomic E-state index is -0.760. The van der Waals surface area contributed by atoms with Crippen molar-refractivity contribution in [3.63, 3.8) is 0 Å². The number of benzene rings is 1. The largest absolute Gasteiger partial charge is 0.476 e. The van der Waals surface area contributed by atoms with E-state index in [0.717, 1.165) is 4.88 Å². The minimum Gasteiger partial charge on any atom is -0.476 e. The maximum absolute atomic E-state index is 13.1. The normalized spacial score (nSPS) is 15.8. The number of halogens is 1. The fourth-order valence-corrected chi connectivity index (χ4v) is 3.98. The Bertz CT molecular complexity index is 836. The molecule has 0 saturated heterocycles. The van der Waals surface area contributed by atoms with Gasteiger partial charge in [0.25, 0.3) is 5.91 Å². The van der Waals surface area contributed by atoms with Gasteiger partial charge < -0.3 is 14.5 Å². The van der Waals surface area contributed by atoms with E-state index in [4.69, 9.17) is 16.3 Å². The van der Waals surface area contributed by atoms with E-state index in [1.54, 1.807) is 21.9 Å². The quantitative estimate of drug-likeness (QED) is 0.731. The smallest absolute Gasteiger partial charge is 0.266 e. The van der Waals surface area contributed by atoms with Gasteiger partial charge in [0.2, 0.25) is 5.91 Å². The Kier molecular flexibility index (Phi) is 5.64. The molecule has 7 heteroatoms. The number of thiophene rings is 1. The third-order valence-corrected chi connectivity index (χ3v) is 5.28. The maximum Gasteiger partial charge on any atom is 0.266 e. The second-order valence-corrected chi connectivity index (χ2v) is 7.72. The summed E-state index contributed by atoms with van der Waals surface area (Å²) in [7, 11) is 0. The molecule has 0 saturated carbocycles. The van der Waals surface area contributed by atoms with Crippen molar-refractivity contribution in [1.29, 1.82) is 0 Å². The summed E-state index contributed by atoms with van der Waals surface area (Å²) in [6, 6.07) is 10.9. The van der Waals surface area contributed by atoms with Crippen molar-refractivity contribution in [1.82, 2.24) is 4.90 Å². The number of ether oxygens (including phenoxy) is 1. The van der Waals surface area contributed by atoms with Gasteiger partial charge in [0.15, 0.2) is 6.10 Å². The third kappa shape index (κ3) is 3.92. The number of rotatable bonds is 5. The second kappa shape index (κ2) is 7.93. The topological polar surface area (TPSA) is 49.9 Å². The molecule has 0 spiro atoms. The summed E-state index contributed by atoms with van der Waals surface area (Å²) in [6.45, 7) is 6.21. The average molecular weight is 391 g/mol. The minimum absolute atomic E-state index is 0.126. The fourth-order valence-electron chi connectivity index (χ4n) is 2.88. The lowest BCUT2D eigenvalue weighted by atomic mass is 10.1. The number of nitrogens with zero attached hydrogens (tertiary/aromatic N) is 2. The van der Waals surface area contributed by atoms with Crippen LogP contribution in [0.1, 0.15) is 11.8 Å². The van der Waals surface area contributed by atoms with Crippen molar-refractivity contribution in [2.75, 3.05) is 18.0 Å². The molecule has 1 aromatic carbocycles. The van der Waals surface area contributed by atoms with Gasteiger partial charge in [0.05, 0.1) is 23.1 Å². The number of amides is 2. The Hall–Kier alpha value is -2.31. The van der Waals surface area contributed by atoms with E-state index >= 15 is 0 Å². The van der Waals surface area contributed by atoms with E-state index < -0.39 is 6.10 Å². The second-order valence-electron chi connectivity index (χ2n) is 5.92. The molecule has 1 atom stereocenters. The SMILES string of the molecule is C=CCN(Cc1ccc(Cl)s1)C(=O)[C@@H]1CN(C(C)=O)c2ccccc2O1. The summed E-state index contributed by atoms with van der Waals surface area (Å²) < 4.78 is 6.58. The van der Waals surface area contributed by atoms with Crippen LogP contribution in [0.2, 0.25) is 4.34 Å². The number of fused-ring (bicyclic) bond motifs is 1. The summed E-state index contributed by atoms with van der Waals surface area (Å²) in [5.41, 5.74) is 0.685. The van der Waals surface area contributed by atoms with Crippen LogP contribution in [0.25, 0.3) is 0 Å². The Morgan fingerprint density at radius 3 is 2.81 bits per heavy atom. The number of carbonyl (C=O) groups excluding carboxylic acids is 2.